The third-order valence-corrected chi connectivity index (χ3v) is 5.69. The first kappa shape index (κ1) is 15.5. The molecule has 0 bridgehead atoms. The van der Waals surface area contributed by atoms with E-state index in [2.05, 4.69) is 14.6 Å². The SMILES string of the molecule is O=S1(=O)NC(=NCC2CCN(CCO)CC2)c2ccccc21. The van der Waals surface area contributed by atoms with Gasteiger partial charge in [0, 0.05) is 18.7 Å². The van der Waals surface area contributed by atoms with Gasteiger partial charge >= 0.3 is 0 Å². The van der Waals surface area contributed by atoms with Gasteiger partial charge in [-0.25, -0.2) is 8.42 Å². The van der Waals surface area contributed by atoms with Gasteiger partial charge < -0.3 is 10.0 Å². The average molecular weight is 323 g/mol. The van der Waals surface area contributed by atoms with Crippen molar-refractivity contribution < 1.29 is 13.5 Å². The van der Waals surface area contributed by atoms with Crippen molar-refractivity contribution in [1.82, 2.24) is 9.62 Å². The number of benzene rings is 1. The second-order valence-electron chi connectivity index (χ2n) is 5.80. The van der Waals surface area contributed by atoms with Crippen molar-refractivity contribution in [1.29, 1.82) is 0 Å². The number of rotatable bonds is 4. The van der Waals surface area contributed by atoms with Crippen LogP contribution in [-0.2, 0) is 10.0 Å². The highest BCUT2D eigenvalue weighted by atomic mass is 32.2. The van der Waals surface area contributed by atoms with E-state index >= 15 is 0 Å². The zero-order valence-electron chi connectivity index (χ0n) is 12.4. The smallest absolute Gasteiger partial charge is 0.263 e. The Morgan fingerprint density at radius 3 is 2.73 bits per heavy atom. The molecule has 22 heavy (non-hydrogen) atoms. The molecule has 2 N–H and O–H groups in total. The topological polar surface area (TPSA) is 82.0 Å². The number of piperidine rings is 1. The number of hydrogen-bond donors (Lipinski definition) is 2. The molecule has 0 unspecified atom stereocenters. The summed E-state index contributed by atoms with van der Waals surface area (Å²) in [5.41, 5.74) is 0.667. The lowest BCUT2D eigenvalue weighted by Gasteiger charge is -2.30. The summed E-state index contributed by atoms with van der Waals surface area (Å²) in [7, 11) is -3.44. The van der Waals surface area contributed by atoms with Crippen LogP contribution in [0.5, 0.6) is 0 Å². The van der Waals surface area contributed by atoms with Crippen LogP contribution in [0.4, 0.5) is 0 Å². The Bertz CT molecular complexity index is 664. The first-order chi connectivity index (χ1) is 10.6. The van der Waals surface area contributed by atoms with E-state index in [0.29, 0.717) is 28.8 Å². The largest absolute Gasteiger partial charge is 0.395 e. The number of sulfonamides is 1. The number of amidine groups is 1. The molecule has 1 aromatic rings. The van der Waals surface area contributed by atoms with Crippen molar-refractivity contribution in [2.75, 3.05) is 32.8 Å². The maximum absolute atomic E-state index is 12.0. The standard InChI is InChI=1S/C15H21N3O3S/c19-10-9-18-7-5-12(6-8-18)11-16-15-13-3-1-2-4-14(13)22(20,21)17-15/h1-4,12,19H,5-11H2,(H,16,17). The quantitative estimate of drug-likeness (QED) is 0.842. The number of aliphatic imine (C=N–C) groups is 1. The van der Waals surface area contributed by atoms with Gasteiger partial charge in [0.1, 0.15) is 5.84 Å². The molecule has 0 spiro atoms. The lowest BCUT2D eigenvalue weighted by Crippen LogP contribution is -2.36. The van der Waals surface area contributed by atoms with Crippen LogP contribution in [0, 0.1) is 5.92 Å². The summed E-state index contributed by atoms with van der Waals surface area (Å²) in [6.45, 7) is 3.51. The molecule has 2 aliphatic rings. The minimum atomic E-state index is -3.44. The van der Waals surface area contributed by atoms with Gasteiger partial charge in [-0.15, -0.1) is 0 Å². The van der Waals surface area contributed by atoms with Gasteiger partial charge in [-0.3, -0.25) is 9.71 Å². The van der Waals surface area contributed by atoms with Crippen LogP contribution in [0.25, 0.3) is 0 Å². The fourth-order valence-corrected chi connectivity index (χ4v) is 4.26. The van der Waals surface area contributed by atoms with Crippen molar-refractivity contribution in [2.45, 2.75) is 17.7 Å². The summed E-state index contributed by atoms with van der Waals surface area (Å²) in [6, 6.07) is 6.94. The van der Waals surface area contributed by atoms with E-state index in [1.807, 2.05) is 6.07 Å². The predicted octanol–water partition coefficient (Wildman–Crippen LogP) is 0.429. The van der Waals surface area contributed by atoms with E-state index in [4.69, 9.17) is 5.11 Å². The van der Waals surface area contributed by atoms with Crippen LogP contribution in [0.1, 0.15) is 18.4 Å². The second-order valence-corrected chi connectivity index (χ2v) is 7.45. The van der Waals surface area contributed by atoms with E-state index < -0.39 is 10.0 Å². The fourth-order valence-electron chi connectivity index (χ4n) is 3.01. The number of β-amino-alcohol motifs (C(OH)–C–C–N with tert-alkyl or cyclic N) is 1. The molecule has 7 heteroatoms. The number of nitrogens with one attached hydrogen (secondary N) is 1. The van der Waals surface area contributed by atoms with E-state index in [-0.39, 0.29) is 6.61 Å². The molecule has 0 saturated carbocycles. The molecule has 0 radical (unpaired) electrons. The molecule has 0 aliphatic carbocycles. The average Bonchev–Trinajstić information content (AvgIpc) is 2.79. The van der Waals surface area contributed by atoms with Crippen molar-refractivity contribution in [3.05, 3.63) is 29.8 Å². The van der Waals surface area contributed by atoms with Crippen LogP contribution >= 0.6 is 0 Å². The van der Waals surface area contributed by atoms with E-state index in [1.54, 1.807) is 18.2 Å². The monoisotopic (exact) mass is 323 g/mol. The molecular formula is C15H21N3O3S. The maximum atomic E-state index is 12.0. The van der Waals surface area contributed by atoms with Gasteiger partial charge in [0.2, 0.25) is 0 Å². The van der Waals surface area contributed by atoms with Crippen molar-refractivity contribution in [3.63, 3.8) is 0 Å². The summed E-state index contributed by atoms with van der Waals surface area (Å²) in [6.07, 6.45) is 2.07. The predicted molar refractivity (Wildman–Crippen MR) is 84.4 cm³/mol. The second kappa shape index (κ2) is 6.36. The Balaban J connectivity index is 1.66. The normalized spacial score (nSPS) is 23.4. The molecule has 0 aromatic heterocycles. The number of fused-ring (bicyclic) bond motifs is 1. The van der Waals surface area contributed by atoms with Gasteiger partial charge in [0.15, 0.2) is 0 Å². The van der Waals surface area contributed by atoms with Crippen LogP contribution in [0.3, 0.4) is 0 Å². The maximum Gasteiger partial charge on any atom is 0.263 e. The molecular weight excluding hydrogens is 302 g/mol. The highest BCUT2D eigenvalue weighted by Gasteiger charge is 2.30. The van der Waals surface area contributed by atoms with Crippen LogP contribution in [0.15, 0.2) is 34.2 Å². The summed E-state index contributed by atoms with van der Waals surface area (Å²) in [4.78, 5) is 7.07. The third kappa shape index (κ3) is 3.16. The van der Waals surface area contributed by atoms with E-state index in [1.165, 1.54) is 0 Å². The number of nitrogens with zero attached hydrogens (tertiary/aromatic N) is 2. The van der Waals surface area contributed by atoms with Crippen LogP contribution in [-0.4, -0.2) is 57.0 Å². The lowest BCUT2D eigenvalue weighted by molar-refractivity contribution is 0.150. The molecule has 120 valence electrons. The van der Waals surface area contributed by atoms with Crippen molar-refractivity contribution in [3.8, 4) is 0 Å². The number of likely N-dealkylation sites (tertiary alicyclic amines) is 1. The molecule has 6 nitrogen and oxygen atoms in total. The number of hydrogen-bond acceptors (Lipinski definition) is 5. The summed E-state index contributed by atoms with van der Waals surface area (Å²) in [5.74, 6) is 0.938. The highest BCUT2D eigenvalue weighted by molar-refractivity contribution is 7.90. The van der Waals surface area contributed by atoms with Crippen molar-refractivity contribution >= 4 is 15.9 Å². The Morgan fingerprint density at radius 1 is 1.27 bits per heavy atom. The zero-order valence-corrected chi connectivity index (χ0v) is 13.2. The van der Waals surface area contributed by atoms with Gasteiger partial charge in [0.25, 0.3) is 10.0 Å². The highest BCUT2D eigenvalue weighted by Crippen LogP contribution is 2.23. The van der Waals surface area contributed by atoms with Gasteiger partial charge in [0.05, 0.1) is 11.5 Å². The Morgan fingerprint density at radius 2 is 2.00 bits per heavy atom. The molecule has 1 aromatic carbocycles. The lowest BCUT2D eigenvalue weighted by atomic mass is 9.97. The number of aliphatic hydroxyl groups excluding tert-OH is 1. The van der Waals surface area contributed by atoms with Gasteiger partial charge in [-0.05, 0) is 44.0 Å². The van der Waals surface area contributed by atoms with E-state index in [9.17, 15) is 8.42 Å². The summed E-state index contributed by atoms with van der Waals surface area (Å²) >= 11 is 0. The summed E-state index contributed by atoms with van der Waals surface area (Å²) in [5, 5.41) is 8.94. The molecule has 0 atom stereocenters. The van der Waals surface area contributed by atoms with E-state index in [0.717, 1.165) is 32.5 Å². The minimum Gasteiger partial charge on any atom is -0.395 e. The first-order valence-corrected chi connectivity index (χ1v) is 9.08. The molecule has 3 rings (SSSR count). The molecule has 1 saturated heterocycles. The molecule has 1 fully saturated rings. The number of aliphatic hydroxyl groups is 1. The summed E-state index contributed by atoms with van der Waals surface area (Å²) < 4.78 is 26.6. The third-order valence-electron chi connectivity index (χ3n) is 4.29. The Hall–Kier alpha value is -1.44. The zero-order chi connectivity index (χ0) is 15.6. The van der Waals surface area contributed by atoms with Gasteiger partial charge in [-0.1, -0.05) is 12.1 Å². The van der Waals surface area contributed by atoms with Crippen molar-refractivity contribution in [2.24, 2.45) is 10.9 Å². The first-order valence-electron chi connectivity index (χ1n) is 7.60. The molecule has 2 heterocycles. The molecule has 2 aliphatic heterocycles. The minimum absolute atomic E-state index is 0.200. The Labute approximate surface area is 130 Å². The Kier molecular flexibility index (Phi) is 4.46. The fraction of sp³-hybridized carbons (Fsp3) is 0.533. The van der Waals surface area contributed by atoms with Crippen LogP contribution in [0.2, 0.25) is 0 Å². The van der Waals surface area contributed by atoms with Crippen LogP contribution < -0.4 is 4.72 Å². The van der Waals surface area contributed by atoms with Gasteiger partial charge in [-0.2, -0.15) is 0 Å². The molecule has 0 amide bonds.